The Hall–Kier alpha value is -3.49. The molecule has 9 nitrogen and oxygen atoms in total. The molecule has 0 radical (unpaired) electrons. The van der Waals surface area contributed by atoms with Crippen molar-refractivity contribution in [1.82, 2.24) is 19.6 Å². The van der Waals surface area contributed by atoms with Crippen LogP contribution in [0, 0.1) is 24.0 Å². The fourth-order valence-electron chi connectivity index (χ4n) is 2.49. The molecule has 134 valence electrons. The lowest BCUT2D eigenvalue weighted by atomic mass is 10.1. The Labute approximate surface area is 149 Å². The Morgan fingerprint density at radius 3 is 2.54 bits per heavy atom. The number of amides is 1. The van der Waals surface area contributed by atoms with Crippen molar-refractivity contribution in [3.8, 4) is 0 Å². The van der Waals surface area contributed by atoms with Crippen LogP contribution in [0.5, 0.6) is 0 Å². The summed E-state index contributed by atoms with van der Waals surface area (Å²) in [4.78, 5) is 22.4. The predicted octanol–water partition coefficient (Wildman–Crippen LogP) is 2.29. The molecule has 0 aliphatic carbocycles. The SMILES string of the molecule is Cc1ccc(Cn2ccc(NC(=O)Cn3cc([N+](=O)[O-])c(C)n3)n2)cc1. The van der Waals surface area contributed by atoms with Gasteiger partial charge in [-0.1, -0.05) is 29.8 Å². The minimum atomic E-state index is -0.524. The zero-order valence-corrected chi connectivity index (χ0v) is 14.4. The summed E-state index contributed by atoms with van der Waals surface area (Å²) < 4.78 is 2.97. The van der Waals surface area contributed by atoms with Crippen LogP contribution < -0.4 is 5.32 Å². The molecule has 2 aromatic heterocycles. The van der Waals surface area contributed by atoms with E-state index in [0.717, 1.165) is 5.56 Å². The number of nitrogens with zero attached hydrogens (tertiary/aromatic N) is 5. The number of hydrogen-bond acceptors (Lipinski definition) is 5. The van der Waals surface area contributed by atoms with E-state index in [-0.39, 0.29) is 23.8 Å². The molecule has 3 rings (SSSR count). The van der Waals surface area contributed by atoms with Crippen LogP contribution >= 0.6 is 0 Å². The van der Waals surface area contributed by atoms with Crippen molar-refractivity contribution in [2.75, 3.05) is 5.32 Å². The quantitative estimate of drug-likeness (QED) is 0.540. The molecular formula is C17H18N6O3. The van der Waals surface area contributed by atoms with Gasteiger partial charge in [-0.05, 0) is 19.4 Å². The first-order valence-corrected chi connectivity index (χ1v) is 7.98. The Bertz CT molecular complexity index is 942. The van der Waals surface area contributed by atoms with E-state index in [1.807, 2.05) is 31.2 Å². The highest BCUT2D eigenvalue weighted by molar-refractivity contribution is 5.89. The molecule has 0 aliphatic heterocycles. The number of carbonyl (C=O) groups excluding carboxylic acids is 1. The van der Waals surface area contributed by atoms with Crippen molar-refractivity contribution in [1.29, 1.82) is 0 Å². The van der Waals surface area contributed by atoms with Crippen LogP contribution in [0.15, 0.2) is 42.7 Å². The van der Waals surface area contributed by atoms with Crippen molar-refractivity contribution < 1.29 is 9.72 Å². The van der Waals surface area contributed by atoms with Gasteiger partial charge in [-0.15, -0.1) is 0 Å². The second-order valence-corrected chi connectivity index (χ2v) is 5.99. The van der Waals surface area contributed by atoms with Crippen LogP contribution in [0.1, 0.15) is 16.8 Å². The number of aryl methyl sites for hydroxylation is 2. The van der Waals surface area contributed by atoms with Gasteiger partial charge < -0.3 is 5.32 Å². The molecule has 1 aromatic carbocycles. The van der Waals surface area contributed by atoms with E-state index in [1.165, 1.54) is 23.4 Å². The summed E-state index contributed by atoms with van der Waals surface area (Å²) in [5, 5.41) is 21.8. The van der Waals surface area contributed by atoms with Crippen LogP contribution in [0.25, 0.3) is 0 Å². The van der Waals surface area contributed by atoms with E-state index in [4.69, 9.17) is 0 Å². The highest BCUT2D eigenvalue weighted by atomic mass is 16.6. The number of benzene rings is 1. The number of nitrogens with one attached hydrogen (secondary N) is 1. The molecular weight excluding hydrogens is 336 g/mol. The Balaban J connectivity index is 1.60. The third-order valence-corrected chi connectivity index (χ3v) is 3.80. The first-order valence-electron chi connectivity index (χ1n) is 7.98. The van der Waals surface area contributed by atoms with Crippen molar-refractivity contribution in [2.24, 2.45) is 0 Å². The van der Waals surface area contributed by atoms with Crippen molar-refractivity contribution >= 4 is 17.4 Å². The lowest BCUT2D eigenvalue weighted by Crippen LogP contribution is -2.19. The summed E-state index contributed by atoms with van der Waals surface area (Å²) in [5.74, 6) is 0.0588. The van der Waals surface area contributed by atoms with Gasteiger partial charge in [0.2, 0.25) is 5.91 Å². The molecule has 0 saturated carbocycles. The fourth-order valence-corrected chi connectivity index (χ4v) is 2.49. The number of aromatic nitrogens is 4. The van der Waals surface area contributed by atoms with Crippen molar-refractivity contribution in [3.63, 3.8) is 0 Å². The van der Waals surface area contributed by atoms with E-state index >= 15 is 0 Å². The number of anilines is 1. The van der Waals surface area contributed by atoms with E-state index < -0.39 is 4.92 Å². The molecule has 3 aromatic rings. The molecule has 0 bridgehead atoms. The summed E-state index contributed by atoms with van der Waals surface area (Å²) in [5.41, 5.74) is 2.46. The molecule has 0 saturated heterocycles. The maximum atomic E-state index is 12.1. The summed E-state index contributed by atoms with van der Waals surface area (Å²) in [6, 6.07) is 9.83. The molecule has 1 N–H and O–H groups in total. The van der Waals surface area contributed by atoms with E-state index in [9.17, 15) is 14.9 Å². The standard InChI is InChI=1S/C17H18N6O3/c1-12-3-5-14(6-4-12)9-21-8-7-16(20-21)18-17(24)11-22-10-15(23(25)26)13(2)19-22/h3-8,10H,9,11H2,1-2H3,(H,18,20,24). The highest BCUT2D eigenvalue weighted by Gasteiger charge is 2.17. The van der Waals surface area contributed by atoms with Gasteiger partial charge in [-0.2, -0.15) is 10.2 Å². The smallest absolute Gasteiger partial charge is 0.308 e. The van der Waals surface area contributed by atoms with E-state index in [1.54, 1.807) is 16.9 Å². The molecule has 1 amide bonds. The van der Waals surface area contributed by atoms with Gasteiger partial charge in [0.25, 0.3) is 0 Å². The second kappa shape index (κ2) is 7.18. The number of hydrogen-bond donors (Lipinski definition) is 1. The normalized spacial score (nSPS) is 10.7. The molecule has 0 atom stereocenters. The monoisotopic (exact) mass is 354 g/mol. The van der Waals surface area contributed by atoms with Gasteiger partial charge in [-0.3, -0.25) is 24.3 Å². The zero-order valence-electron chi connectivity index (χ0n) is 14.4. The topological polar surface area (TPSA) is 108 Å². The molecule has 0 fully saturated rings. The Morgan fingerprint density at radius 1 is 1.15 bits per heavy atom. The molecule has 26 heavy (non-hydrogen) atoms. The summed E-state index contributed by atoms with van der Waals surface area (Å²) in [6.07, 6.45) is 3.02. The summed E-state index contributed by atoms with van der Waals surface area (Å²) >= 11 is 0. The average Bonchev–Trinajstić information content (AvgIpc) is 3.16. The van der Waals surface area contributed by atoms with Crippen LogP contribution in [-0.2, 0) is 17.9 Å². The van der Waals surface area contributed by atoms with Gasteiger partial charge in [0.05, 0.1) is 11.5 Å². The fraction of sp³-hybridized carbons (Fsp3) is 0.235. The first-order chi connectivity index (χ1) is 12.4. The highest BCUT2D eigenvalue weighted by Crippen LogP contribution is 2.15. The molecule has 0 unspecified atom stereocenters. The first kappa shape index (κ1) is 17.3. The van der Waals surface area contributed by atoms with E-state index in [0.29, 0.717) is 12.4 Å². The third kappa shape index (κ3) is 4.12. The van der Waals surface area contributed by atoms with Gasteiger partial charge in [0.15, 0.2) is 5.82 Å². The van der Waals surface area contributed by atoms with Crippen molar-refractivity contribution in [2.45, 2.75) is 26.9 Å². The Morgan fingerprint density at radius 2 is 1.88 bits per heavy atom. The van der Waals surface area contributed by atoms with E-state index in [2.05, 4.69) is 15.5 Å². The number of carbonyl (C=O) groups is 1. The zero-order chi connectivity index (χ0) is 18.7. The Kier molecular flexibility index (Phi) is 4.78. The van der Waals surface area contributed by atoms with Crippen LogP contribution in [0.3, 0.4) is 0 Å². The number of nitro groups is 1. The summed E-state index contributed by atoms with van der Waals surface area (Å²) in [6.45, 7) is 4.03. The lowest BCUT2D eigenvalue weighted by Gasteiger charge is -2.04. The van der Waals surface area contributed by atoms with Gasteiger partial charge in [-0.25, -0.2) is 0 Å². The second-order valence-electron chi connectivity index (χ2n) is 5.99. The molecule has 2 heterocycles. The largest absolute Gasteiger partial charge is 0.309 e. The van der Waals surface area contributed by atoms with Gasteiger partial charge >= 0.3 is 5.69 Å². The average molecular weight is 354 g/mol. The van der Waals surface area contributed by atoms with Crippen molar-refractivity contribution in [3.05, 3.63) is 69.7 Å². The molecule has 0 spiro atoms. The minimum Gasteiger partial charge on any atom is -0.308 e. The molecule has 0 aliphatic rings. The van der Waals surface area contributed by atoms with Crippen LogP contribution in [-0.4, -0.2) is 30.4 Å². The molecule has 9 heteroatoms. The third-order valence-electron chi connectivity index (χ3n) is 3.80. The summed E-state index contributed by atoms with van der Waals surface area (Å²) in [7, 11) is 0. The maximum Gasteiger partial charge on any atom is 0.309 e. The maximum absolute atomic E-state index is 12.1. The minimum absolute atomic E-state index is 0.111. The number of rotatable bonds is 6. The lowest BCUT2D eigenvalue weighted by molar-refractivity contribution is -0.385. The van der Waals surface area contributed by atoms with Crippen LogP contribution in [0.4, 0.5) is 11.5 Å². The van der Waals surface area contributed by atoms with Gasteiger partial charge in [0, 0.05) is 12.3 Å². The van der Waals surface area contributed by atoms with Gasteiger partial charge in [0.1, 0.15) is 18.4 Å². The predicted molar refractivity (Wildman–Crippen MR) is 94.8 cm³/mol. The van der Waals surface area contributed by atoms with Crippen LogP contribution in [0.2, 0.25) is 0 Å².